The van der Waals surface area contributed by atoms with Crippen LogP contribution in [0.2, 0.25) is 5.02 Å². The van der Waals surface area contributed by atoms with Crippen molar-refractivity contribution in [3.63, 3.8) is 0 Å². The second-order valence-electron chi connectivity index (χ2n) is 8.41. The number of aryl methyl sites for hydroxylation is 1. The molecule has 0 aliphatic carbocycles. The predicted octanol–water partition coefficient (Wildman–Crippen LogP) is 6.64. The average Bonchev–Trinajstić information content (AvgIpc) is 3.15. The lowest BCUT2D eigenvalue weighted by Gasteiger charge is -2.24. The van der Waals surface area contributed by atoms with Crippen LogP contribution in [0.25, 0.3) is 0 Å². The van der Waals surface area contributed by atoms with Crippen molar-refractivity contribution in [1.82, 2.24) is 0 Å². The summed E-state index contributed by atoms with van der Waals surface area (Å²) >= 11 is 7.91. The Kier molecular flexibility index (Phi) is 6.22. The van der Waals surface area contributed by atoms with Gasteiger partial charge in [-0.2, -0.15) is 0 Å². The van der Waals surface area contributed by atoms with Gasteiger partial charge in [0.1, 0.15) is 0 Å². The Hall–Kier alpha value is -3.41. The molecule has 0 radical (unpaired) electrons. The summed E-state index contributed by atoms with van der Waals surface area (Å²) in [6.45, 7) is 2.50. The maximum atomic E-state index is 13.6. The maximum Gasteiger partial charge on any atom is 0.258 e. The fraction of sp³-hybridized carbons (Fsp3) is 0.143. The quantitative estimate of drug-likeness (QED) is 0.351. The maximum absolute atomic E-state index is 13.6. The zero-order valence-corrected chi connectivity index (χ0v) is 20.2. The molecular formula is C28H23ClN2O2S. The van der Waals surface area contributed by atoms with Crippen LogP contribution in [0.1, 0.15) is 37.5 Å². The van der Waals surface area contributed by atoms with Gasteiger partial charge in [-0.1, -0.05) is 35.9 Å². The van der Waals surface area contributed by atoms with Crippen LogP contribution in [0.3, 0.4) is 0 Å². The van der Waals surface area contributed by atoms with E-state index in [9.17, 15) is 9.59 Å². The van der Waals surface area contributed by atoms with Crippen molar-refractivity contribution < 1.29 is 9.59 Å². The summed E-state index contributed by atoms with van der Waals surface area (Å²) in [5.41, 5.74) is 6.48. The Bertz CT molecular complexity index is 1380. The van der Waals surface area contributed by atoms with E-state index in [1.807, 2.05) is 53.6 Å². The summed E-state index contributed by atoms with van der Waals surface area (Å²) < 4.78 is 0. The topological polar surface area (TPSA) is 49.4 Å². The molecule has 1 aliphatic heterocycles. The largest absolute Gasteiger partial charge is 0.326 e. The van der Waals surface area contributed by atoms with Crippen molar-refractivity contribution in [2.45, 2.75) is 26.3 Å². The van der Waals surface area contributed by atoms with E-state index in [1.54, 1.807) is 35.6 Å². The lowest BCUT2D eigenvalue weighted by Crippen LogP contribution is -2.30. The van der Waals surface area contributed by atoms with Gasteiger partial charge < -0.3 is 10.2 Å². The third-order valence-corrected chi connectivity index (χ3v) is 7.26. The van der Waals surface area contributed by atoms with E-state index in [-0.39, 0.29) is 11.8 Å². The molecule has 0 unspecified atom stereocenters. The van der Waals surface area contributed by atoms with Crippen molar-refractivity contribution in [2.24, 2.45) is 0 Å². The van der Waals surface area contributed by atoms with Gasteiger partial charge in [-0.15, -0.1) is 11.3 Å². The van der Waals surface area contributed by atoms with Crippen LogP contribution in [-0.4, -0.2) is 11.8 Å². The van der Waals surface area contributed by atoms with Gasteiger partial charge in [-0.25, -0.2) is 0 Å². The highest BCUT2D eigenvalue weighted by molar-refractivity contribution is 7.10. The Morgan fingerprint density at radius 1 is 0.971 bits per heavy atom. The lowest BCUT2D eigenvalue weighted by molar-refractivity contribution is -0.115. The van der Waals surface area contributed by atoms with E-state index < -0.39 is 0 Å². The number of anilines is 2. The minimum absolute atomic E-state index is 0.0736. The van der Waals surface area contributed by atoms with Crippen LogP contribution in [0.4, 0.5) is 11.4 Å². The molecule has 3 aromatic carbocycles. The number of hydrogen-bond donors (Lipinski definition) is 1. The fourth-order valence-corrected chi connectivity index (χ4v) is 5.23. The molecular weight excluding hydrogens is 464 g/mol. The molecule has 1 N–H and O–H groups in total. The van der Waals surface area contributed by atoms with Crippen LogP contribution in [0.5, 0.6) is 0 Å². The first-order valence-corrected chi connectivity index (χ1v) is 12.3. The molecule has 0 fully saturated rings. The van der Waals surface area contributed by atoms with E-state index in [0.717, 1.165) is 33.7 Å². The molecule has 0 atom stereocenters. The molecule has 0 bridgehead atoms. The lowest BCUT2D eigenvalue weighted by atomic mass is 10.0. The fourth-order valence-electron chi connectivity index (χ4n) is 4.31. The minimum Gasteiger partial charge on any atom is -0.326 e. The molecule has 1 aliphatic rings. The normalized spacial score (nSPS) is 12.5. The molecule has 34 heavy (non-hydrogen) atoms. The molecule has 170 valence electrons. The Labute approximate surface area is 207 Å². The summed E-state index contributed by atoms with van der Waals surface area (Å²) in [6, 6.07) is 22.9. The van der Waals surface area contributed by atoms with E-state index >= 15 is 0 Å². The molecule has 2 amide bonds. The first-order chi connectivity index (χ1) is 16.5. The third kappa shape index (κ3) is 4.63. The second kappa shape index (κ2) is 9.45. The number of amides is 2. The number of nitrogens with one attached hydrogen (secondary N) is 1. The minimum atomic E-state index is -0.0907. The van der Waals surface area contributed by atoms with Gasteiger partial charge >= 0.3 is 0 Å². The highest BCUT2D eigenvalue weighted by Gasteiger charge is 2.25. The van der Waals surface area contributed by atoms with Crippen molar-refractivity contribution in [2.75, 3.05) is 10.2 Å². The SMILES string of the molecule is Cc1sccc1CC(=O)Nc1ccc(C(=O)N2Cc3ccccc3Cc3cc(Cl)ccc32)cc1. The number of rotatable bonds is 4. The predicted molar refractivity (Wildman–Crippen MR) is 139 cm³/mol. The molecule has 6 heteroatoms. The number of fused-ring (bicyclic) bond motifs is 2. The van der Waals surface area contributed by atoms with Crippen LogP contribution >= 0.6 is 22.9 Å². The Morgan fingerprint density at radius 3 is 2.47 bits per heavy atom. The van der Waals surface area contributed by atoms with E-state index in [0.29, 0.717) is 29.2 Å². The molecule has 5 rings (SSSR count). The van der Waals surface area contributed by atoms with Gasteiger partial charge in [0.05, 0.1) is 13.0 Å². The van der Waals surface area contributed by atoms with Crippen molar-refractivity contribution in [3.8, 4) is 0 Å². The van der Waals surface area contributed by atoms with Gasteiger partial charge in [-0.3, -0.25) is 9.59 Å². The summed E-state index contributed by atoms with van der Waals surface area (Å²) in [5.74, 6) is -0.164. The van der Waals surface area contributed by atoms with Crippen molar-refractivity contribution >= 4 is 46.1 Å². The molecule has 1 aromatic heterocycles. The Balaban J connectivity index is 1.37. The molecule has 4 aromatic rings. The van der Waals surface area contributed by atoms with E-state index in [1.165, 1.54) is 5.56 Å². The zero-order chi connectivity index (χ0) is 23.7. The number of nitrogens with zero attached hydrogens (tertiary/aromatic N) is 1. The number of hydrogen-bond acceptors (Lipinski definition) is 3. The van der Waals surface area contributed by atoms with E-state index in [4.69, 9.17) is 11.6 Å². The highest BCUT2D eigenvalue weighted by Crippen LogP contribution is 2.33. The standard InChI is InChI=1S/C28H23ClN2O2S/c1-18-20(12-13-34-18)16-27(32)30-25-9-6-19(7-10-25)28(33)31-17-22-5-3-2-4-21(22)14-23-15-24(29)8-11-26(23)31/h2-13,15H,14,16-17H2,1H3,(H,30,32). The molecule has 0 saturated heterocycles. The molecule has 0 saturated carbocycles. The highest BCUT2D eigenvalue weighted by atomic mass is 35.5. The molecule has 2 heterocycles. The third-order valence-electron chi connectivity index (χ3n) is 6.14. The number of carbonyl (C=O) groups is 2. The number of carbonyl (C=O) groups excluding carboxylic acids is 2. The monoisotopic (exact) mass is 486 g/mol. The van der Waals surface area contributed by atoms with E-state index in [2.05, 4.69) is 17.4 Å². The van der Waals surface area contributed by atoms with Gasteiger partial charge in [0, 0.05) is 26.8 Å². The summed E-state index contributed by atoms with van der Waals surface area (Å²) in [7, 11) is 0. The number of benzene rings is 3. The number of thiophene rings is 1. The van der Waals surface area contributed by atoms with Crippen LogP contribution in [0, 0.1) is 6.92 Å². The first-order valence-electron chi connectivity index (χ1n) is 11.1. The Morgan fingerprint density at radius 2 is 1.74 bits per heavy atom. The van der Waals surface area contributed by atoms with Crippen LogP contribution in [0.15, 0.2) is 78.2 Å². The summed E-state index contributed by atoms with van der Waals surface area (Å²) in [4.78, 5) is 29.0. The second-order valence-corrected chi connectivity index (χ2v) is 9.97. The van der Waals surface area contributed by atoms with Gasteiger partial charge in [0.25, 0.3) is 5.91 Å². The van der Waals surface area contributed by atoms with Crippen LogP contribution < -0.4 is 10.2 Å². The van der Waals surface area contributed by atoms with Gasteiger partial charge in [0.15, 0.2) is 0 Å². The first kappa shape index (κ1) is 22.4. The van der Waals surface area contributed by atoms with Crippen LogP contribution in [-0.2, 0) is 24.2 Å². The van der Waals surface area contributed by atoms with Crippen molar-refractivity contribution in [3.05, 3.63) is 116 Å². The molecule has 0 spiro atoms. The zero-order valence-electron chi connectivity index (χ0n) is 18.7. The van der Waals surface area contributed by atoms with Gasteiger partial charge in [0.2, 0.25) is 5.91 Å². The average molecular weight is 487 g/mol. The summed E-state index contributed by atoms with van der Waals surface area (Å²) in [5, 5.41) is 5.57. The van der Waals surface area contributed by atoms with Gasteiger partial charge in [-0.05, 0) is 89.5 Å². The molecule has 4 nitrogen and oxygen atoms in total. The number of halogens is 1. The van der Waals surface area contributed by atoms with Crippen molar-refractivity contribution in [1.29, 1.82) is 0 Å². The summed E-state index contributed by atoms with van der Waals surface area (Å²) in [6.07, 6.45) is 1.06. The smallest absolute Gasteiger partial charge is 0.258 e.